The number of ether oxygens (including phenoxy) is 1. The molecule has 1 aliphatic rings. The number of morpholine rings is 1. The van der Waals surface area contributed by atoms with E-state index in [1.54, 1.807) is 0 Å². The van der Waals surface area contributed by atoms with E-state index < -0.39 is 0 Å². The first-order valence-electron chi connectivity index (χ1n) is 5.06. The van der Waals surface area contributed by atoms with E-state index in [-0.39, 0.29) is 5.60 Å². The lowest BCUT2D eigenvalue weighted by Gasteiger charge is -2.41. The molecule has 3 heteroatoms. The monoisotopic (exact) mass is 217 g/mol. The number of hydrogen-bond acceptors (Lipinski definition) is 2. The van der Waals surface area contributed by atoms with Crippen LogP contribution >= 0.6 is 11.6 Å². The van der Waals surface area contributed by atoms with Crippen LogP contribution < -0.4 is 0 Å². The molecule has 0 radical (unpaired) electrons. The molecule has 0 aromatic rings. The van der Waals surface area contributed by atoms with Gasteiger partial charge in [0.25, 0.3) is 0 Å². The second-order valence-corrected chi connectivity index (χ2v) is 5.01. The minimum Gasteiger partial charge on any atom is -0.370 e. The number of alkyl halides is 1. The summed E-state index contributed by atoms with van der Waals surface area (Å²) < 4.78 is 5.81. The lowest BCUT2D eigenvalue weighted by atomic mass is 10.1. The predicted octanol–water partition coefficient (Wildman–Crippen LogP) is 2.28. The SMILES string of the molecule is C=C(CCl)CN1CC(C)OC(C)(C)C1. The zero-order valence-electron chi connectivity index (χ0n) is 9.35. The van der Waals surface area contributed by atoms with Crippen LogP contribution in [0, 0.1) is 0 Å². The Morgan fingerprint density at radius 3 is 2.79 bits per heavy atom. The highest BCUT2D eigenvalue weighted by molar-refractivity contribution is 6.19. The summed E-state index contributed by atoms with van der Waals surface area (Å²) in [6, 6.07) is 0. The van der Waals surface area contributed by atoms with Crippen molar-refractivity contribution >= 4 is 11.6 Å². The van der Waals surface area contributed by atoms with Crippen molar-refractivity contribution in [2.75, 3.05) is 25.5 Å². The number of rotatable bonds is 3. The molecule has 1 fully saturated rings. The maximum atomic E-state index is 5.81. The van der Waals surface area contributed by atoms with Gasteiger partial charge in [-0.05, 0) is 26.3 Å². The van der Waals surface area contributed by atoms with Gasteiger partial charge in [0.15, 0.2) is 0 Å². The summed E-state index contributed by atoms with van der Waals surface area (Å²) in [7, 11) is 0. The Morgan fingerprint density at radius 2 is 2.29 bits per heavy atom. The van der Waals surface area contributed by atoms with Crippen molar-refractivity contribution in [2.45, 2.75) is 32.5 Å². The first-order valence-corrected chi connectivity index (χ1v) is 5.59. The maximum absolute atomic E-state index is 5.81. The Labute approximate surface area is 91.9 Å². The van der Waals surface area contributed by atoms with E-state index in [9.17, 15) is 0 Å². The third-order valence-electron chi connectivity index (χ3n) is 2.28. The lowest BCUT2D eigenvalue weighted by molar-refractivity contribution is -0.126. The fraction of sp³-hybridized carbons (Fsp3) is 0.818. The van der Waals surface area contributed by atoms with Crippen LogP contribution in [0.5, 0.6) is 0 Å². The molecule has 0 aliphatic carbocycles. The molecule has 1 saturated heterocycles. The molecule has 0 N–H and O–H groups in total. The van der Waals surface area contributed by atoms with E-state index in [0.717, 1.165) is 25.2 Å². The molecule has 0 saturated carbocycles. The largest absolute Gasteiger partial charge is 0.370 e. The van der Waals surface area contributed by atoms with Crippen LogP contribution in [0.15, 0.2) is 12.2 Å². The van der Waals surface area contributed by atoms with E-state index in [2.05, 4.69) is 32.3 Å². The van der Waals surface area contributed by atoms with Crippen LogP contribution in [0.25, 0.3) is 0 Å². The van der Waals surface area contributed by atoms with Crippen LogP contribution in [0.2, 0.25) is 0 Å². The van der Waals surface area contributed by atoms with E-state index in [4.69, 9.17) is 16.3 Å². The second kappa shape index (κ2) is 4.65. The Bertz CT molecular complexity index is 215. The summed E-state index contributed by atoms with van der Waals surface area (Å²) in [4.78, 5) is 2.36. The van der Waals surface area contributed by atoms with Gasteiger partial charge in [-0.1, -0.05) is 6.58 Å². The van der Waals surface area contributed by atoms with Gasteiger partial charge in [-0.2, -0.15) is 0 Å². The van der Waals surface area contributed by atoms with Gasteiger partial charge in [0.2, 0.25) is 0 Å². The van der Waals surface area contributed by atoms with E-state index >= 15 is 0 Å². The van der Waals surface area contributed by atoms with Crippen LogP contribution in [0.3, 0.4) is 0 Å². The Balaban J connectivity index is 2.50. The van der Waals surface area contributed by atoms with Gasteiger partial charge < -0.3 is 4.74 Å². The number of hydrogen-bond donors (Lipinski definition) is 0. The summed E-state index contributed by atoms with van der Waals surface area (Å²) >= 11 is 5.72. The molecule has 2 nitrogen and oxygen atoms in total. The van der Waals surface area contributed by atoms with Crippen LogP contribution in [-0.2, 0) is 4.74 Å². The van der Waals surface area contributed by atoms with Gasteiger partial charge >= 0.3 is 0 Å². The topological polar surface area (TPSA) is 12.5 Å². The zero-order chi connectivity index (χ0) is 10.8. The molecule has 0 bridgehead atoms. The molecule has 0 spiro atoms. The number of nitrogens with zero attached hydrogens (tertiary/aromatic N) is 1. The summed E-state index contributed by atoms with van der Waals surface area (Å²) in [5, 5.41) is 0. The Morgan fingerprint density at radius 1 is 1.64 bits per heavy atom. The van der Waals surface area contributed by atoms with Crippen LogP contribution in [-0.4, -0.2) is 42.1 Å². The number of halogens is 1. The molecule has 0 aromatic carbocycles. The summed E-state index contributed by atoms with van der Waals surface area (Å²) in [5.74, 6) is 0.548. The molecule has 1 rings (SSSR count). The highest BCUT2D eigenvalue weighted by Gasteiger charge is 2.30. The van der Waals surface area contributed by atoms with Gasteiger partial charge in [0.05, 0.1) is 11.7 Å². The summed E-state index contributed by atoms with van der Waals surface area (Å²) in [5.41, 5.74) is 1.03. The molecule has 14 heavy (non-hydrogen) atoms. The van der Waals surface area contributed by atoms with Gasteiger partial charge in [-0.25, -0.2) is 0 Å². The average molecular weight is 218 g/mol. The molecule has 0 aromatic heterocycles. The molecular weight excluding hydrogens is 198 g/mol. The molecule has 1 unspecified atom stereocenters. The second-order valence-electron chi connectivity index (χ2n) is 4.74. The first-order chi connectivity index (χ1) is 6.43. The van der Waals surface area contributed by atoms with Crippen molar-refractivity contribution in [1.82, 2.24) is 4.90 Å². The molecule has 1 atom stereocenters. The van der Waals surface area contributed by atoms with Gasteiger partial charge in [0.1, 0.15) is 0 Å². The predicted molar refractivity (Wildman–Crippen MR) is 60.9 cm³/mol. The normalized spacial score (nSPS) is 27.6. The summed E-state index contributed by atoms with van der Waals surface area (Å²) in [6.45, 7) is 13.1. The molecule has 1 heterocycles. The van der Waals surface area contributed by atoms with E-state index in [0.29, 0.717) is 12.0 Å². The third kappa shape index (κ3) is 3.60. The maximum Gasteiger partial charge on any atom is 0.0757 e. The van der Waals surface area contributed by atoms with Crippen molar-refractivity contribution in [2.24, 2.45) is 0 Å². The first kappa shape index (κ1) is 12.0. The lowest BCUT2D eigenvalue weighted by Crippen LogP contribution is -2.52. The van der Waals surface area contributed by atoms with Crippen molar-refractivity contribution in [3.05, 3.63) is 12.2 Å². The quantitative estimate of drug-likeness (QED) is 0.531. The van der Waals surface area contributed by atoms with Crippen LogP contribution in [0.4, 0.5) is 0 Å². The fourth-order valence-electron chi connectivity index (χ4n) is 2.06. The zero-order valence-corrected chi connectivity index (χ0v) is 10.1. The minimum absolute atomic E-state index is 0.0513. The fourth-order valence-corrected chi connectivity index (χ4v) is 2.15. The highest BCUT2D eigenvalue weighted by Crippen LogP contribution is 2.21. The van der Waals surface area contributed by atoms with Crippen LogP contribution in [0.1, 0.15) is 20.8 Å². The summed E-state index contributed by atoms with van der Waals surface area (Å²) in [6.07, 6.45) is 0.293. The van der Waals surface area contributed by atoms with Gasteiger partial charge in [0, 0.05) is 25.5 Å². The highest BCUT2D eigenvalue weighted by atomic mass is 35.5. The Hall–Kier alpha value is -0.0500. The average Bonchev–Trinajstić information content (AvgIpc) is 1.99. The molecular formula is C11H20ClNO. The van der Waals surface area contributed by atoms with Gasteiger partial charge in [-0.3, -0.25) is 4.90 Å². The molecule has 1 aliphatic heterocycles. The standard InChI is InChI=1S/C11H20ClNO/c1-9(5-12)6-13-7-10(2)14-11(3,4)8-13/h10H,1,5-8H2,2-4H3. The van der Waals surface area contributed by atoms with E-state index in [1.165, 1.54) is 0 Å². The van der Waals surface area contributed by atoms with Crippen molar-refractivity contribution in [3.63, 3.8) is 0 Å². The van der Waals surface area contributed by atoms with Crippen molar-refractivity contribution in [3.8, 4) is 0 Å². The van der Waals surface area contributed by atoms with Crippen molar-refractivity contribution in [1.29, 1.82) is 0 Å². The smallest absolute Gasteiger partial charge is 0.0757 e. The van der Waals surface area contributed by atoms with Gasteiger partial charge in [-0.15, -0.1) is 11.6 Å². The minimum atomic E-state index is -0.0513. The molecule has 0 amide bonds. The third-order valence-corrected chi connectivity index (χ3v) is 2.65. The molecule has 82 valence electrons. The van der Waals surface area contributed by atoms with Crippen molar-refractivity contribution < 1.29 is 4.74 Å². The Kier molecular flexibility index (Phi) is 3.99. The van der Waals surface area contributed by atoms with E-state index in [1.807, 2.05) is 0 Å².